The van der Waals surface area contributed by atoms with Crippen LogP contribution in [0.4, 0.5) is 0 Å². The predicted octanol–water partition coefficient (Wildman–Crippen LogP) is 2.70. The first-order valence-corrected chi connectivity index (χ1v) is 7.04. The molecule has 0 aliphatic heterocycles. The first kappa shape index (κ1) is 17.0. The number of carbonyl (C=O) groups is 2. The Morgan fingerprint density at radius 3 is 2.43 bits per heavy atom. The fourth-order valence-electron chi connectivity index (χ4n) is 1.52. The molecule has 0 heterocycles. The maximum Gasteiger partial charge on any atom is 0.331 e. The fourth-order valence-corrected chi connectivity index (χ4v) is 1.77. The van der Waals surface area contributed by atoms with E-state index in [1.54, 1.807) is 38.3 Å². The number of ketones is 1. The molecule has 0 aliphatic carbocycles. The molecule has 1 unspecified atom stereocenters. The zero-order valence-corrected chi connectivity index (χ0v) is 12.9. The third-order valence-electron chi connectivity index (χ3n) is 2.60. The van der Waals surface area contributed by atoms with Crippen molar-refractivity contribution >= 4 is 30.5 Å². The van der Waals surface area contributed by atoms with Crippen LogP contribution in [0.3, 0.4) is 0 Å². The van der Waals surface area contributed by atoms with Crippen molar-refractivity contribution in [3.05, 3.63) is 48.1 Å². The maximum absolute atomic E-state index is 11.7. The molecule has 1 aromatic rings. The molecule has 0 amide bonds. The largest absolute Gasteiger partial charge is 0.497 e. The number of methoxy groups -OCH3 is 1. The number of hydrogen-bond donors (Lipinski definition) is 1. The number of allylic oxidation sites excluding steroid dienone is 1. The van der Waals surface area contributed by atoms with Gasteiger partial charge in [-0.3, -0.25) is 4.79 Å². The lowest BCUT2D eigenvalue weighted by Gasteiger charge is -2.10. The lowest BCUT2D eigenvalue weighted by molar-refractivity contribution is -0.147. The van der Waals surface area contributed by atoms with Crippen LogP contribution in [0.25, 0.3) is 6.08 Å². The molecule has 0 spiro atoms. The first-order valence-electron chi connectivity index (χ1n) is 6.41. The molecule has 1 rings (SSSR count). The highest BCUT2D eigenvalue weighted by Gasteiger charge is 2.17. The quantitative estimate of drug-likeness (QED) is 0.478. The summed E-state index contributed by atoms with van der Waals surface area (Å²) in [5, 5.41) is 0. The van der Waals surface area contributed by atoms with E-state index in [-0.39, 0.29) is 11.5 Å². The molecule has 0 saturated heterocycles. The summed E-state index contributed by atoms with van der Waals surface area (Å²) in [6.07, 6.45) is 4.98. The molecular weight excluding hydrogens is 288 g/mol. The smallest absolute Gasteiger partial charge is 0.331 e. The van der Waals surface area contributed by atoms with E-state index < -0.39 is 12.1 Å². The van der Waals surface area contributed by atoms with Crippen molar-refractivity contribution in [1.82, 2.24) is 0 Å². The number of esters is 1. The fraction of sp³-hybridized carbons (Fsp3) is 0.250. The third kappa shape index (κ3) is 5.87. The van der Waals surface area contributed by atoms with Gasteiger partial charge in [0.05, 0.1) is 7.11 Å². The number of thiol groups is 1. The van der Waals surface area contributed by atoms with Gasteiger partial charge in [-0.15, -0.1) is 0 Å². The standard InChI is InChI=1S/C16H18O4S/c1-3-4-14(17)15(11-21)20-16(18)10-7-12-5-8-13(19-2)9-6-12/h3-10,15,21H,11H2,1-2H3. The van der Waals surface area contributed by atoms with Gasteiger partial charge in [-0.25, -0.2) is 4.79 Å². The Bertz CT molecular complexity index is 532. The Morgan fingerprint density at radius 1 is 1.24 bits per heavy atom. The molecular formula is C16H18O4S. The summed E-state index contributed by atoms with van der Waals surface area (Å²) in [5.74, 6) is 0.0221. The zero-order chi connectivity index (χ0) is 15.7. The minimum Gasteiger partial charge on any atom is -0.497 e. The molecule has 1 atom stereocenters. The van der Waals surface area contributed by atoms with Gasteiger partial charge >= 0.3 is 5.97 Å². The number of carbonyl (C=O) groups excluding carboxylic acids is 2. The van der Waals surface area contributed by atoms with Crippen LogP contribution in [0.15, 0.2) is 42.5 Å². The molecule has 4 nitrogen and oxygen atoms in total. The summed E-state index contributed by atoms with van der Waals surface area (Å²) in [4.78, 5) is 23.3. The highest BCUT2D eigenvalue weighted by molar-refractivity contribution is 7.80. The van der Waals surface area contributed by atoms with Gasteiger partial charge in [0, 0.05) is 11.8 Å². The second-order valence-corrected chi connectivity index (χ2v) is 4.48. The minimum absolute atomic E-state index is 0.144. The van der Waals surface area contributed by atoms with Crippen molar-refractivity contribution in [3.8, 4) is 5.75 Å². The monoisotopic (exact) mass is 306 g/mol. The number of benzene rings is 1. The van der Waals surface area contributed by atoms with E-state index in [1.165, 1.54) is 12.2 Å². The van der Waals surface area contributed by atoms with E-state index >= 15 is 0 Å². The van der Waals surface area contributed by atoms with Crippen molar-refractivity contribution in [2.24, 2.45) is 0 Å². The van der Waals surface area contributed by atoms with Gasteiger partial charge in [-0.1, -0.05) is 18.2 Å². The van der Waals surface area contributed by atoms with Crippen molar-refractivity contribution in [2.75, 3.05) is 12.9 Å². The highest BCUT2D eigenvalue weighted by atomic mass is 32.1. The Labute approximate surface area is 129 Å². The molecule has 0 radical (unpaired) electrons. The lowest BCUT2D eigenvalue weighted by atomic mass is 10.2. The van der Waals surface area contributed by atoms with E-state index in [2.05, 4.69) is 12.6 Å². The van der Waals surface area contributed by atoms with Gasteiger partial charge in [0.25, 0.3) is 0 Å². The van der Waals surface area contributed by atoms with E-state index in [4.69, 9.17) is 9.47 Å². The SMILES string of the molecule is CC=CC(=O)C(CS)OC(=O)C=Cc1ccc(OC)cc1. The van der Waals surface area contributed by atoms with E-state index in [0.717, 1.165) is 11.3 Å². The van der Waals surface area contributed by atoms with E-state index in [9.17, 15) is 9.59 Å². The normalized spacial score (nSPS) is 12.5. The molecule has 112 valence electrons. The van der Waals surface area contributed by atoms with Crippen molar-refractivity contribution in [3.63, 3.8) is 0 Å². The van der Waals surface area contributed by atoms with Crippen LogP contribution in [0.5, 0.6) is 5.75 Å². The summed E-state index contributed by atoms with van der Waals surface area (Å²) in [6, 6.07) is 7.20. The van der Waals surface area contributed by atoms with Gasteiger partial charge in [0.1, 0.15) is 5.75 Å². The highest BCUT2D eigenvalue weighted by Crippen LogP contribution is 2.12. The second kappa shape index (κ2) is 9.02. The zero-order valence-electron chi connectivity index (χ0n) is 12.0. The molecule has 1 aromatic carbocycles. The summed E-state index contributed by atoms with van der Waals surface area (Å²) in [7, 11) is 1.58. The summed E-state index contributed by atoms with van der Waals surface area (Å²) >= 11 is 4.01. The van der Waals surface area contributed by atoms with Crippen LogP contribution in [0.1, 0.15) is 12.5 Å². The van der Waals surface area contributed by atoms with Crippen molar-refractivity contribution in [1.29, 1.82) is 0 Å². The third-order valence-corrected chi connectivity index (χ3v) is 2.93. The van der Waals surface area contributed by atoms with Gasteiger partial charge in [-0.05, 0) is 36.8 Å². The molecule has 0 bridgehead atoms. The molecule has 0 saturated carbocycles. The molecule has 0 aliphatic rings. The van der Waals surface area contributed by atoms with Crippen molar-refractivity contribution < 1.29 is 19.1 Å². The van der Waals surface area contributed by atoms with Crippen LogP contribution >= 0.6 is 12.6 Å². The Hall–Kier alpha value is -2.01. The minimum atomic E-state index is -0.863. The van der Waals surface area contributed by atoms with Crippen LogP contribution in [0, 0.1) is 0 Å². The van der Waals surface area contributed by atoms with Crippen LogP contribution in [-0.4, -0.2) is 30.7 Å². The van der Waals surface area contributed by atoms with E-state index in [0.29, 0.717) is 0 Å². The van der Waals surface area contributed by atoms with Crippen LogP contribution in [-0.2, 0) is 14.3 Å². The molecule has 0 aromatic heterocycles. The van der Waals surface area contributed by atoms with Gasteiger partial charge < -0.3 is 9.47 Å². The van der Waals surface area contributed by atoms with Crippen molar-refractivity contribution in [2.45, 2.75) is 13.0 Å². The van der Waals surface area contributed by atoms with Crippen LogP contribution < -0.4 is 4.74 Å². The number of hydrogen-bond acceptors (Lipinski definition) is 5. The summed E-state index contributed by atoms with van der Waals surface area (Å²) < 4.78 is 10.1. The lowest BCUT2D eigenvalue weighted by Crippen LogP contribution is -2.26. The Balaban J connectivity index is 2.62. The maximum atomic E-state index is 11.7. The molecule has 0 fully saturated rings. The second-order valence-electron chi connectivity index (χ2n) is 4.12. The number of ether oxygens (including phenoxy) is 2. The van der Waals surface area contributed by atoms with Gasteiger partial charge in [0.15, 0.2) is 11.9 Å². The van der Waals surface area contributed by atoms with Gasteiger partial charge in [0.2, 0.25) is 0 Å². The molecule has 21 heavy (non-hydrogen) atoms. The summed E-state index contributed by atoms with van der Waals surface area (Å²) in [6.45, 7) is 1.72. The van der Waals surface area contributed by atoms with Crippen LogP contribution in [0.2, 0.25) is 0 Å². The average Bonchev–Trinajstić information content (AvgIpc) is 2.51. The van der Waals surface area contributed by atoms with Gasteiger partial charge in [-0.2, -0.15) is 12.6 Å². The molecule has 5 heteroatoms. The topological polar surface area (TPSA) is 52.6 Å². The number of rotatable bonds is 7. The first-order chi connectivity index (χ1) is 10.1. The predicted molar refractivity (Wildman–Crippen MR) is 85.6 cm³/mol. The Kier molecular flexibility index (Phi) is 7.32. The average molecular weight is 306 g/mol. The van der Waals surface area contributed by atoms with E-state index in [1.807, 2.05) is 12.1 Å². The molecule has 0 N–H and O–H groups in total. The summed E-state index contributed by atoms with van der Waals surface area (Å²) in [5.41, 5.74) is 0.829. The Morgan fingerprint density at radius 2 is 1.90 bits per heavy atom.